The minimum Gasteiger partial charge on any atom is -0.396 e. The van der Waals surface area contributed by atoms with Gasteiger partial charge in [0.1, 0.15) is 0 Å². The zero-order chi connectivity index (χ0) is 21.6. The molecule has 2 aromatic rings. The Morgan fingerprint density at radius 3 is 2.53 bits per heavy atom. The molecule has 4 N–H and O–H groups in total. The van der Waals surface area contributed by atoms with E-state index in [0.717, 1.165) is 76.0 Å². The summed E-state index contributed by atoms with van der Waals surface area (Å²) in [7, 11) is 0. The van der Waals surface area contributed by atoms with Gasteiger partial charge in [-0.05, 0) is 68.0 Å². The lowest BCUT2D eigenvalue weighted by atomic mass is 10.1. The predicted molar refractivity (Wildman–Crippen MR) is 125 cm³/mol. The van der Waals surface area contributed by atoms with E-state index < -0.39 is 0 Å². The molecule has 0 saturated carbocycles. The Labute approximate surface area is 189 Å². The molecule has 0 unspecified atom stereocenters. The summed E-state index contributed by atoms with van der Waals surface area (Å²) in [6.45, 7) is 3.00. The molecule has 2 rings (SSSR count). The van der Waals surface area contributed by atoms with Crippen molar-refractivity contribution in [3.8, 4) is 0 Å². The number of aromatic nitrogens is 1. The summed E-state index contributed by atoms with van der Waals surface area (Å²) >= 11 is 12.3. The topological polar surface area (TPSA) is 80.4 Å². The zero-order valence-electron chi connectivity index (χ0n) is 17.5. The number of pyridine rings is 1. The SMILES string of the molecule is Nc1c(Cl)cc(CO)c(CNCCCCCCOCCCCc2ccccn2)c1Cl. The van der Waals surface area contributed by atoms with Crippen LogP contribution in [0.15, 0.2) is 30.5 Å². The Morgan fingerprint density at radius 1 is 1.03 bits per heavy atom. The quantitative estimate of drug-likeness (QED) is 0.256. The number of nitrogens with zero attached hydrogens (tertiary/aromatic N) is 1. The number of nitrogens with one attached hydrogen (secondary N) is 1. The molecule has 5 nitrogen and oxygen atoms in total. The third kappa shape index (κ3) is 8.78. The number of nitrogens with two attached hydrogens (primary N) is 1. The van der Waals surface area contributed by atoms with Gasteiger partial charge in [-0.3, -0.25) is 4.98 Å². The van der Waals surface area contributed by atoms with Gasteiger partial charge in [0.25, 0.3) is 0 Å². The fourth-order valence-electron chi connectivity index (χ4n) is 3.24. The van der Waals surface area contributed by atoms with Crippen molar-refractivity contribution < 1.29 is 9.84 Å². The molecule has 0 bridgehead atoms. The van der Waals surface area contributed by atoms with Crippen molar-refractivity contribution >= 4 is 28.9 Å². The first-order valence-corrected chi connectivity index (χ1v) is 11.4. The first-order chi connectivity index (χ1) is 14.6. The van der Waals surface area contributed by atoms with Crippen molar-refractivity contribution in [2.45, 2.75) is 58.1 Å². The van der Waals surface area contributed by atoms with E-state index in [-0.39, 0.29) is 6.61 Å². The molecular weight excluding hydrogens is 421 g/mol. The van der Waals surface area contributed by atoms with E-state index in [2.05, 4.69) is 16.4 Å². The van der Waals surface area contributed by atoms with Crippen LogP contribution in [0.25, 0.3) is 0 Å². The molecule has 7 heteroatoms. The van der Waals surface area contributed by atoms with E-state index in [1.54, 1.807) is 6.07 Å². The van der Waals surface area contributed by atoms with Gasteiger partial charge in [-0.2, -0.15) is 0 Å². The molecule has 0 fully saturated rings. The molecule has 1 aromatic heterocycles. The van der Waals surface area contributed by atoms with E-state index in [4.69, 9.17) is 33.7 Å². The molecule has 1 aromatic carbocycles. The summed E-state index contributed by atoms with van der Waals surface area (Å²) in [5.41, 5.74) is 8.93. The maximum atomic E-state index is 9.50. The van der Waals surface area contributed by atoms with E-state index in [9.17, 15) is 5.11 Å². The number of hydrogen-bond acceptors (Lipinski definition) is 5. The Kier molecular flexibility index (Phi) is 12.1. The average Bonchev–Trinajstić information content (AvgIpc) is 2.77. The molecular formula is C23H33Cl2N3O2. The number of ether oxygens (including phenoxy) is 1. The largest absolute Gasteiger partial charge is 0.396 e. The minimum atomic E-state index is -0.111. The Morgan fingerprint density at radius 2 is 1.80 bits per heavy atom. The highest BCUT2D eigenvalue weighted by Gasteiger charge is 2.13. The van der Waals surface area contributed by atoms with Crippen LogP contribution >= 0.6 is 23.2 Å². The summed E-state index contributed by atoms with van der Waals surface area (Å²) in [5, 5.41) is 13.7. The summed E-state index contributed by atoms with van der Waals surface area (Å²) < 4.78 is 5.72. The van der Waals surface area contributed by atoms with Crippen LogP contribution in [0.4, 0.5) is 5.69 Å². The van der Waals surface area contributed by atoms with Gasteiger partial charge in [-0.1, -0.05) is 42.1 Å². The number of hydrogen-bond donors (Lipinski definition) is 3. The number of unbranched alkanes of at least 4 members (excludes halogenated alkanes) is 4. The van der Waals surface area contributed by atoms with Crippen LogP contribution < -0.4 is 11.1 Å². The summed E-state index contributed by atoms with van der Waals surface area (Å²) in [6, 6.07) is 7.73. The standard InChI is InChI=1S/C23H33Cl2N3O2/c24-21-15-18(17-29)20(22(25)23(21)26)16-27-11-5-1-2-7-13-30-14-8-4-10-19-9-3-6-12-28-19/h3,6,9,12,15,27,29H,1-2,4-5,7-8,10-11,13-14,16-17,26H2. The molecule has 0 aliphatic rings. The van der Waals surface area contributed by atoms with Crippen molar-refractivity contribution in [2.24, 2.45) is 0 Å². The lowest BCUT2D eigenvalue weighted by Gasteiger charge is -2.14. The van der Waals surface area contributed by atoms with E-state index >= 15 is 0 Å². The van der Waals surface area contributed by atoms with Crippen LogP contribution in [0, 0.1) is 0 Å². The van der Waals surface area contributed by atoms with Crippen molar-refractivity contribution in [2.75, 3.05) is 25.5 Å². The highest BCUT2D eigenvalue weighted by atomic mass is 35.5. The van der Waals surface area contributed by atoms with Gasteiger partial charge in [0.05, 0.1) is 22.3 Å². The lowest BCUT2D eigenvalue weighted by molar-refractivity contribution is 0.126. The third-order valence-corrected chi connectivity index (χ3v) is 5.75. The van der Waals surface area contributed by atoms with Crippen LogP contribution in [0.1, 0.15) is 55.3 Å². The lowest BCUT2D eigenvalue weighted by Crippen LogP contribution is -2.17. The Hall–Kier alpha value is -1.37. The van der Waals surface area contributed by atoms with E-state index in [1.165, 1.54) is 0 Å². The van der Waals surface area contributed by atoms with Crippen molar-refractivity contribution in [1.82, 2.24) is 10.3 Å². The molecule has 0 spiro atoms. The highest BCUT2D eigenvalue weighted by Crippen LogP contribution is 2.33. The molecule has 166 valence electrons. The Balaban J connectivity index is 1.45. The second-order valence-electron chi connectivity index (χ2n) is 7.36. The fraction of sp³-hybridized carbons (Fsp3) is 0.522. The number of anilines is 1. The van der Waals surface area contributed by atoms with Crippen LogP contribution in [0.2, 0.25) is 10.0 Å². The minimum absolute atomic E-state index is 0.111. The number of aryl methyl sites for hydroxylation is 1. The van der Waals surface area contributed by atoms with Gasteiger partial charge in [0.2, 0.25) is 0 Å². The van der Waals surface area contributed by atoms with Crippen LogP contribution in [-0.4, -0.2) is 29.8 Å². The second kappa shape index (κ2) is 14.6. The predicted octanol–water partition coefficient (Wildman–Crippen LogP) is 5.15. The van der Waals surface area contributed by atoms with Gasteiger partial charge >= 0.3 is 0 Å². The number of halogens is 2. The van der Waals surface area contributed by atoms with Crippen LogP contribution in [-0.2, 0) is 24.3 Å². The fourth-order valence-corrected chi connectivity index (χ4v) is 3.80. The molecule has 0 radical (unpaired) electrons. The number of nitrogen functional groups attached to an aromatic ring is 1. The molecule has 0 aliphatic carbocycles. The summed E-state index contributed by atoms with van der Waals surface area (Å²) in [4.78, 5) is 4.33. The monoisotopic (exact) mass is 453 g/mol. The maximum Gasteiger partial charge on any atom is 0.0699 e. The first-order valence-electron chi connectivity index (χ1n) is 10.7. The number of aliphatic hydroxyl groups excluding tert-OH is 1. The van der Waals surface area contributed by atoms with Crippen molar-refractivity contribution in [1.29, 1.82) is 0 Å². The normalized spacial score (nSPS) is 11.2. The number of aliphatic hydroxyl groups is 1. The van der Waals surface area contributed by atoms with Gasteiger partial charge < -0.3 is 20.9 Å². The smallest absolute Gasteiger partial charge is 0.0699 e. The molecule has 0 amide bonds. The highest BCUT2D eigenvalue weighted by molar-refractivity contribution is 6.39. The van der Waals surface area contributed by atoms with E-state index in [0.29, 0.717) is 27.8 Å². The average molecular weight is 454 g/mol. The number of benzene rings is 1. The first kappa shape index (κ1) is 24.9. The Bertz CT molecular complexity index is 745. The number of rotatable bonds is 15. The van der Waals surface area contributed by atoms with Gasteiger partial charge in [-0.25, -0.2) is 0 Å². The van der Waals surface area contributed by atoms with Crippen molar-refractivity contribution in [3.63, 3.8) is 0 Å². The molecule has 0 aliphatic heterocycles. The zero-order valence-corrected chi connectivity index (χ0v) is 19.0. The van der Waals surface area contributed by atoms with Crippen LogP contribution in [0.3, 0.4) is 0 Å². The van der Waals surface area contributed by atoms with Gasteiger partial charge in [0.15, 0.2) is 0 Å². The van der Waals surface area contributed by atoms with Crippen molar-refractivity contribution in [3.05, 3.63) is 57.3 Å². The summed E-state index contributed by atoms with van der Waals surface area (Å²) in [5.74, 6) is 0. The van der Waals surface area contributed by atoms with E-state index in [1.807, 2.05) is 18.3 Å². The van der Waals surface area contributed by atoms with Gasteiger partial charge in [-0.15, -0.1) is 0 Å². The molecule has 1 heterocycles. The summed E-state index contributed by atoms with van der Waals surface area (Å²) in [6.07, 6.45) is 9.54. The van der Waals surface area contributed by atoms with Crippen LogP contribution in [0.5, 0.6) is 0 Å². The maximum absolute atomic E-state index is 9.50. The third-order valence-electron chi connectivity index (χ3n) is 5.01. The molecule has 30 heavy (non-hydrogen) atoms. The van der Waals surface area contributed by atoms with Gasteiger partial charge in [0, 0.05) is 31.6 Å². The molecule has 0 saturated heterocycles. The second-order valence-corrected chi connectivity index (χ2v) is 8.15. The molecule has 0 atom stereocenters.